The van der Waals surface area contributed by atoms with Crippen LogP contribution >= 0.6 is 0 Å². The third-order valence-corrected chi connectivity index (χ3v) is 3.84. The van der Waals surface area contributed by atoms with Crippen molar-refractivity contribution >= 4 is 11.8 Å². The molecule has 0 radical (unpaired) electrons. The molecule has 0 N–H and O–H groups in total. The van der Waals surface area contributed by atoms with Gasteiger partial charge in [-0.2, -0.15) is 0 Å². The molecule has 120 valence electrons. The predicted octanol–water partition coefficient (Wildman–Crippen LogP) is 4.14. The van der Waals surface area contributed by atoms with E-state index in [0.717, 1.165) is 16.7 Å². The number of ketones is 1. The summed E-state index contributed by atoms with van der Waals surface area (Å²) in [4.78, 5) is 25.5. The summed E-state index contributed by atoms with van der Waals surface area (Å²) in [5.41, 5.74) is 4.15. The largest absolute Gasteiger partial charge is 0.465 e. The lowest BCUT2D eigenvalue weighted by Gasteiger charge is -2.18. The van der Waals surface area contributed by atoms with E-state index in [1.807, 2.05) is 51.1 Å². The Balaban J connectivity index is 2.52. The second-order valence-corrected chi connectivity index (χ2v) is 5.73. The monoisotopic (exact) mass is 310 g/mol. The van der Waals surface area contributed by atoms with Crippen LogP contribution in [0.1, 0.15) is 45.5 Å². The van der Waals surface area contributed by atoms with E-state index < -0.39 is 11.9 Å². The Bertz CT molecular complexity index is 694. The van der Waals surface area contributed by atoms with Crippen LogP contribution in [0.3, 0.4) is 0 Å². The molecule has 3 heteroatoms. The molecular weight excluding hydrogens is 288 g/mol. The highest BCUT2D eigenvalue weighted by molar-refractivity contribution is 6.14. The number of rotatable bonds is 5. The third kappa shape index (κ3) is 3.67. The predicted molar refractivity (Wildman–Crippen MR) is 90.8 cm³/mol. The molecule has 0 heterocycles. The number of benzene rings is 2. The number of aryl methyl sites for hydroxylation is 3. The molecule has 23 heavy (non-hydrogen) atoms. The quantitative estimate of drug-likeness (QED) is 0.473. The number of esters is 1. The van der Waals surface area contributed by atoms with Crippen LogP contribution in [0.2, 0.25) is 0 Å². The van der Waals surface area contributed by atoms with Crippen LogP contribution in [0, 0.1) is 20.8 Å². The van der Waals surface area contributed by atoms with Gasteiger partial charge in [0.25, 0.3) is 0 Å². The van der Waals surface area contributed by atoms with Gasteiger partial charge in [-0.05, 0) is 44.4 Å². The Morgan fingerprint density at radius 3 is 2.09 bits per heavy atom. The van der Waals surface area contributed by atoms with Crippen LogP contribution in [0.4, 0.5) is 0 Å². The second-order valence-electron chi connectivity index (χ2n) is 5.73. The first-order valence-corrected chi connectivity index (χ1v) is 7.79. The zero-order chi connectivity index (χ0) is 17.0. The van der Waals surface area contributed by atoms with Gasteiger partial charge in [-0.15, -0.1) is 0 Å². The lowest BCUT2D eigenvalue weighted by Crippen LogP contribution is -2.25. The fourth-order valence-corrected chi connectivity index (χ4v) is 2.98. The number of Topliss-reactive ketones (excluding diaryl/α,β-unsaturated/α-hetero) is 1. The SMILES string of the molecule is CCOC(=O)C(C(=O)c1c(C)cc(C)cc1C)c1ccccc1. The molecule has 1 atom stereocenters. The van der Waals surface area contributed by atoms with Crippen molar-refractivity contribution in [2.45, 2.75) is 33.6 Å². The van der Waals surface area contributed by atoms with Crippen LogP contribution in [0.5, 0.6) is 0 Å². The van der Waals surface area contributed by atoms with E-state index in [1.54, 1.807) is 19.1 Å². The fraction of sp³-hybridized carbons (Fsp3) is 0.300. The van der Waals surface area contributed by atoms with Gasteiger partial charge in [0, 0.05) is 5.56 Å². The normalized spacial score (nSPS) is 11.8. The summed E-state index contributed by atoms with van der Waals surface area (Å²) in [5.74, 6) is -1.62. The zero-order valence-electron chi connectivity index (χ0n) is 14.1. The van der Waals surface area contributed by atoms with E-state index in [2.05, 4.69) is 0 Å². The third-order valence-electron chi connectivity index (χ3n) is 3.84. The summed E-state index contributed by atoms with van der Waals surface area (Å²) in [5, 5.41) is 0. The minimum absolute atomic E-state index is 0.204. The summed E-state index contributed by atoms with van der Waals surface area (Å²) >= 11 is 0. The average Bonchev–Trinajstić information content (AvgIpc) is 2.47. The molecule has 0 spiro atoms. The van der Waals surface area contributed by atoms with E-state index in [4.69, 9.17) is 4.74 Å². The highest BCUT2D eigenvalue weighted by atomic mass is 16.5. The molecule has 0 fully saturated rings. The first-order chi connectivity index (χ1) is 11.0. The van der Waals surface area contributed by atoms with E-state index in [9.17, 15) is 9.59 Å². The van der Waals surface area contributed by atoms with Crippen molar-refractivity contribution in [2.24, 2.45) is 0 Å². The Morgan fingerprint density at radius 2 is 1.57 bits per heavy atom. The summed E-state index contributed by atoms with van der Waals surface area (Å²) in [6.45, 7) is 7.79. The molecular formula is C20H22O3. The summed E-state index contributed by atoms with van der Waals surface area (Å²) in [6, 6.07) is 13.0. The minimum Gasteiger partial charge on any atom is -0.465 e. The number of ether oxygens (including phenoxy) is 1. The van der Waals surface area contributed by atoms with Crippen molar-refractivity contribution in [1.29, 1.82) is 0 Å². The van der Waals surface area contributed by atoms with Gasteiger partial charge < -0.3 is 4.74 Å². The molecule has 0 aliphatic carbocycles. The Kier molecular flexibility index (Phi) is 5.32. The lowest BCUT2D eigenvalue weighted by molar-refractivity contribution is -0.143. The van der Waals surface area contributed by atoms with Gasteiger partial charge in [-0.25, -0.2) is 0 Å². The summed E-state index contributed by atoms with van der Waals surface area (Å²) in [7, 11) is 0. The van der Waals surface area contributed by atoms with E-state index in [0.29, 0.717) is 11.1 Å². The highest BCUT2D eigenvalue weighted by Crippen LogP contribution is 2.27. The van der Waals surface area contributed by atoms with Crippen molar-refractivity contribution in [3.05, 3.63) is 70.3 Å². The first kappa shape index (κ1) is 16.9. The average molecular weight is 310 g/mol. The van der Waals surface area contributed by atoms with Gasteiger partial charge in [-0.1, -0.05) is 48.0 Å². The van der Waals surface area contributed by atoms with Crippen molar-refractivity contribution in [2.75, 3.05) is 6.61 Å². The first-order valence-electron chi connectivity index (χ1n) is 7.79. The number of carbonyl (C=O) groups excluding carboxylic acids is 2. The van der Waals surface area contributed by atoms with Gasteiger partial charge in [0.05, 0.1) is 6.61 Å². The molecule has 3 nitrogen and oxygen atoms in total. The maximum absolute atomic E-state index is 13.1. The van der Waals surface area contributed by atoms with Gasteiger partial charge >= 0.3 is 5.97 Å². The molecule has 0 saturated heterocycles. The van der Waals surface area contributed by atoms with E-state index in [-0.39, 0.29) is 12.4 Å². The van der Waals surface area contributed by atoms with Crippen molar-refractivity contribution in [1.82, 2.24) is 0 Å². The molecule has 1 unspecified atom stereocenters. The van der Waals surface area contributed by atoms with Crippen LogP contribution in [-0.2, 0) is 9.53 Å². The fourth-order valence-electron chi connectivity index (χ4n) is 2.98. The minimum atomic E-state index is -0.920. The Hall–Kier alpha value is -2.42. The molecule has 0 aliphatic heterocycles. The van der Waals surface area contributed by atoms with Crippen LogP contribution in [0.15, 0.2) is 42.5 Å². The molecule has 0 amide bonds. The Labute approximate surface area is 137 Å². The Morgan fingerprint density at radius 1 is 1.00 bits per heavy atom. The smallest absolute Gasteiger partial charge is 0.321 e. The molecule has 2 rings (SSSR count). The molecule has 0 aliphatic rings. The molecule has 0 bridgehead atoms. The van der Waals surface area contributed by atoms with E-state index in [1.165, 1.54) is 0 Å². The van der Waals surface area contributed by atoms with Gasteiger partial charge in [0.15, 0.2) is 5.78 Å². The van der Waals surface area contributed by atoms with Gasteiger partial charge in [-0.3, -0.25) is 9.59 Å². The lowest BCUT2D eigenvalue weighted by atomic mass is 9.86. The molecule has 2 aromatic carbocycles. The molecule has 2 aromatic rings. The second kappa shape index (κ2) is 7.23. The standard InChI is InChI=1S/C20H22O3/c1-5-23-20(22)18(16-9-7-6-8-10-16)19(21)17-14(3)11-13(2)12-15(17)4/h6-12,18H,5H2,1-4H3. The molecule has 0 aromatic heterocycles. The van der Waals surface area contributed by atoms with Gasteiger partial charge in [0.2, 0.25) is 0 Å². The number of hydrogen-bond acceptors (Lipinski definition) is 3. The van der Waals surface area contributed by atoms with Gasteiger partial charge in [0.1, 0.15) is 5.92 Å². The topological polar surface area (TPSA) is 43.4 Å². The maximum atomic E-state index is 13.1. The van der Waals surface area contributed by atoms with Crippen molar-refractivity contribution in [3.8, 4) is 0 Å². The summed E-state index contributed by atoms with van der Waals surface area (Å²) < 4.78 is 5.14. The van der Waals surface area contributed by atoms with E-state index >= 15 is 0 Å². The van der Waals surface area contributed by atoms with Crippen LogP contribution < -0.4 is 0 Å². The van der Waals surface area contributed by atoms with Crippen molar-refractivity contribution < 1.29 is 14.3 Å². The van der Waals surface area contributed by atoms with Crippen LogP contribution in [0.25, 0.3) is 0 Å². The number of carbonyl (C=O) groups is 2. The molecule has 0 saturated carbocycles. The summed E-state index contributed by atoms with van der Waals surface area (Å²) in [6.07, 6.45) is 0. The zero-order valence-corrected chi connectivity index (χ0v) is 14.1. The van der Waals surface area contributed by atoms with Crippen LogP contribution in [-0.4, -0.2) is 18.4 Å². The maximum Gasteiger partial charge on any atom is 0.321 e. The number of hydrogen-bond donors (Lipinski definition) is 0. The highest BCUT2D eigenvalue weighted by Gasteiger charge is 2.32. The van der Waals surface area contributed by atoms with Crippen molar-refractivity contribution in [3.63, 3.8) is 0 Å².